The Morgan fingerprint density at radius 3 is 1.82 bits per heavy atom. The molecule has 4 nitrogen and oxygen atoms in total. The quantitative estimate of drug-likeness (QED) is 0.595. The lowest BCUT2D eigenvalue weighted by atomic mass is 10.1. The van der Waals surface area contributed by atoms with Gasteiger partial charge >= 0.3 is 0 Å². The first-order valence-corrected chi connectivity index (χ1v) is 10.1. The minimum Gasteiger partial charge on any atom is -0.492 e. The van der Waals surface area contributed by atoms with Crippen LogP contribution >= 0.6 is 0 Å². The average Bonchev–Trinajstić information content (AvgIpc) is 2.75. The largest absolute Gasteiger partial charge is 0.492 e. The zero-order chi connectivity index (χ0) is 19.0. The topological polar surface area (TPSA) is 24.9 Å². The number of piperazine rings is 1. The van der Waals surface area contributed by atoms with Crippen LogP contribution in [0.25, 0.3) is 10.8 Å². The summed E-state index contributed by atoms with van der Waals surface area (Å²) < 4.78 is 11.8. The number of benzene rings is 3. The number of rotatable bonds is 8. The van der Waals surface area contributed by atoms with E-state index in [0.717, 1.165) is 64.0 Å². The van der Waals surface area contributed by atoms with Crippen molar-refractivity contribution < 1.29 is 9.47 Å². The van der Waals surface area contributed by atoms with Crippen molar-refractivity contribution >= 4 is 10.8 Å². The summed E-state index contributed by atoms with van der Waals surface area (Å²) in [6.45, 7) is 7.79. The molecule has 0 unspecified atom stereocenters. The second-order valence-electron chi connectivity index (χ2n) is 7.20. The zero-order valence-electron chi connectivity index (χ0n) is 16.3. The van der Waals surface area contributed by atoms with Gasteiger partial charge in [-0.15, -0.1) is 0 Å². The number of para-hydroxylation sites is 1. The first-order chi connectivity index (χ1) is 13.9. The van der Waals surface area contributed by atoms with E-state index in [1.807, 2.05) is 30.3 Å². The Bertz CT molecular complexity index is 861. The molecule has 0 spiro atoms. The maximum Gasteiger partial charge on any atom is 0.120 e. The SMILES string of the molecule is c1ccc(OCCN2CCN(CCOc3ccc4ccccc4c3)CC2)cc1. The first kappa shape index (κ1) is 18.8. The van der Waals surface area contributed by atoms with Gasteiger partial charge in [-0.05, 0) is 35.0 Å². The molecule has 0 N–H and O–H groups in total. The van der Waals surface area contributed by atoms with E-state index < -0.39 is 0 Å². The molecule has 0 saturated carbocycles. The Hall–Kier alpha value is -2.56. The summed E-state index contributed by atoms with van der Waals surface area (Å²) in [6, 6.07) is 24.7. The van der Waals surface area contributed by atoms with Crippen LogP contribution in [0.1, 0.15) is 0 Å². The summed E-state index contributed by atoms with van der Waals surface area (Å²) in [6.07, 6.45) is 0. The highest BCUT2D eigenvalue weighted by atomic mass is 16.5. The first-order valence-electron chi connectivity index (χ1n) is 10.1. The minimum atomic E-state index is 0.732. The second-order valence-corrected chi connectivity index (χ2v) is 7.20. The fourth-order valence-electron chi connectivity index (χ4n) is 3.60. The van der Waals surface area contributed by atoms with Gasteiger partial charge in [0.15, 0.2) is 0 Å². The Labute approximate surface area is 167 Å². The van der Waals surface area contributed by atoms with Crippen LogP contribution in [-0.2, 0) is 0 Å². The van der Waals surface area contributed by atoms with Gasteiger partial charge in [-0.2, -0.15) is 0 Å². The Morgan fingerprint density at radius 1 is 0.571 bits per heavy atom. The van der Waals surface area contributed by atoms with Crippen molar-refractivity contribution in [2.45, 2.75) is 0 Å². The van der Waals surface area contributed by atoms with Crippen LogP contribution in [-0.4, -0.2) is 62.3 Å². The summed E-state index contributed by atoms with van der Waals surface area (Å²) in [7, 11) is 0. The third-order valence-corrected chi connectivity index (χ3v) is 5.28. The molecule has 28 heavy (non-hydrogen) atoms. The molecule has 4 rings (SSSR count). The molecule has 1 heterocycles. The number of nitrogens with zero attached hydrogens (tertiary/aromatic N) is 2. The summed E-state index contributed by atoms with van der Waals surface area (Å²) >= 11 is 0. The Balaban J connectivity index is 1.13. The predicted octanol–water partition coefficient (Wildman–Crippen LogP) is 3.92. The van der Waals surface area contributed by atoms with Crippen molar-refractivity contribution in [3.8, 4) is 11.5 Å². The third kappa shape index (κ3) is 5.24. The van der Waals surface area contributed by atoms with E-state index in [0.29, 0.717) is 0 Å². The average molecular weight is 377 g/mol. The fourth-order valence-corrected chi connectivity index (χ4v) is 3.60. The van der Waals surface area contributed by atoms with Crippen LogP contribution in [0, 0.1) is 0 Å². The van der Waals surface area contributed by atoms with Crippen molar-refractivity contribution in [3.05, 3.63) is 72.8 Å². The van der Waals surface area contributed by atoms with Crippen LogP contribution in [0.4, 0.5) is 0 Å². The van der Waals surface area contributed by atoms with Gasteiger partial charge < -0.3 is 9.47 Å². The maximum atomic E-state index is 5.98. The molecule has 0 aromatic heterocycles. The standard InChI is InChI=1S/C24H28N2O2/c1-2-8-23(9-3-1)27-18-16-25-12-14-26(15-13-25)17-19-28-24-11-10-21-6-4-5-7-22(21)20-24/h1-11,20H,12-19H2. The Morgan fingerprint density at radius 2 is 1.14 bits per heavy atom. The van der Waals surface area contributed by atoms with E-state index in [2.05, 4.69) is 52.3 Å². The molecule has 0 amide bonds. The molecule has 3 aromatic rings. The highest BCUT2D eigenvalue weighted by Crippen LogP contribution is 2.20. The molecule has 146 valence electrons. The van der Waals surface area contributed by atoms with Crippen molar-refractivity contribution in [2.75, 3.05) is 52.5 Å². The third-order valence-electron chi connectivity index (χ3n) is 5.28. The lowest BCUT2D eigenvalue weighted by Crippen LogP contribution is -2.48. The van der Waals surface area contributed by atoms with Crippen molar-refractivity contribution in [1.82, 2.24) is 9.80 Å². The van der Waals surface area contributed by atoms with E-state index in [-0.39, 0.29) is 0 Å². The number of hydrogen-bond acceptors (Lipinski definition) is 4. The molecular formula is C24H28N2O2. The molecule has 1 saturated heterocycles. The molecule has 4 heteroatoms. The predicted molar refractivity (Wildman–Crippen MR) is 114 cm³/mol. The number of fused-ring (bicyclic) bond motifs is 1. The van der Waals surface area contributed by atoms with Gasteiger partial charge in [-0.1, -0.05) is 48.5 Å². The number of ether oxygens (including phenoxy) is 2. The van der Waals surface area contributed by atoms with Crippen LogP contribution < -0.4 is 9.47 Å². The van der Waals surface area contributed by atoms with Gasteiger partial charge in [-0.25, -0.2) is 0 Å². The lowest BCUT2D eigenvalue weighted by molar-refractivity contribution is 0.105. The van der Waals surface area contributed by atoms with Crippen LogP contribution in [0.15, 0.2) is 72.8 Å². The summed E-state index contributed by atoms with van der Waals surface area (Å²) in [5.41, 5.74) is 0. The molecule has 1 aliphatic rings. The summed E-state index contributed by atoms with van der Waals surface area (Å²) in [5.74, 6) is 1.90. The molecule has 0 atom stereocenters. The molecule has 3 aromatic carbocycles. The normalized spacial score (nSPS) is 15.6. The van der Waals surface area contributed by atoms with Gasteiger partial charge in [0.25, 0.3) is 0 Å². The molecule has 0 bridgehead atoms. The molecule has 1 aliphatic heterocycles. The van der Waals surface area contributed by atoms with Crippen LogP contribution in [0.5, 0.6) is 11.5 Å². The van der Waals surface area contributed by atoms with Crippen LogP contribution in [0.2, 0.25) is 0 Å². The van der Waals surface area contributed by atoms with Crippen molar-refractivity contribution in [3.63, 3.8) is 0 Å². The highest BCUT2D eigenvalue weighted by Gasteiger charge is 2.16. The fraction of sp³-hybridized carbons (Fsp3) is 0.333. The molecular weight excluding hydrogens is 348 g/mol. The van der Waals surface area contributed by atoms with Gasteiger partial charge in [-0.3, -0.25) is 9.80 Å². The molecule has 1 fully saturated rings. The van der Waals surface area contributed by atoms with E-state index in [1.165, 1.54) is 10.8 Å². The highest BCUT2D eigenvalue weighted by molar-refractivity contribution is 5.83. The summed E-state index contributed by atoms with van der Waals surface area (Å²) in [4.78, 5) is 4.96. The number of hydrogen-bond donors (Lipinski definition) is 0. The molecule has 0 aliphatic carbocycles. The van der Waals surface area contributed by atoms with E-state index in [4.69, 9.17) is 9.47 Å². The van der Waals surface area contributed by atoms with E-state index in [1.54, 1.807) is 0 Å². The zero-order valence-corrected chi connectivity index (χ0v) is 16.3. The molecule has 0 radical (unpaired) electrons. The van der Waals surface area contributed by atoms with Crippen LogP contribution in [0.3, 0.4) is 0 Å². The van der Waals surface area contributed by atoms with Gasteiger partial charge in [0.1, 0.15) is 24.7 Å². The van der Waals surface area contributed by atoms with E-state index >= 15 is 0 Å². The van der Waals surface area contributed by atoms with E-state index in [9.17, 15) is 0 Å². The minimum absolute atomic E-state index is 0.732. The van der Waals surface area contributed by atoms with Crippen molar-refractivity contribution in [1.29, 1.82) is 0 Å². The monoisotopic (exact) mass is 376 g/mol. The second kappa shape index (κ2) is 9.58. The summed E-state index contributed by atoms with van der Waals surface area (Å²) in [5, 5.41) is 2.48. The van der Waals surface area contributed by atoms with Gasteiger partial charge in [0.05, 0.1) is 0 Å². The van der Waals surface area contributed by atoms with Gasteiger partial charge in [0, 0.05) is 39.3 Å². The van der Waals surface area contributed by atoms with Gasteiger partial charge in [0.2, 0.25) is 0 Å². The Kier molecular flexibility index (Phi) is 6.43. The lowest BCUT2D eigenvalue weighted by Gasteiger charge is -2.34. The smallest absolute Gasteiger partial charge is 0.120 e. The van der Waals surface area contributed by atoms with Crippen molar-refractivity contribution in [2.24, 2.45) is 0 Å². The maximum absolute atomic E-state index is 5.98.